The van der Waals surface area contributed by atoms with E-state index in [1.54, 1.807) is 6.07 Å². The van der Waals surface area contributed by atoms with E-state index in [1.807, 2.05) is 43.4 Å². The monoisotopic (exact) mass is 298 g/mol. The van der Waals surface area contributed by atoms with Crippen molar-refractivity contribution in [3.8, 4) is 11.6 Å². The molecular weight excluding hydrogens is 284 g/mol. The molecule has 1 heterocycles. The topological polar surface area (TPSA) is 34.2 Å². The van der Waals surface area contributed by atoms with E-state index in [2.05, 4.69) is 22.4 Å². The fraction of sp³-hybridized carbons (Fsp3) is 0.118. The zero-order chi connectivity index (χ0) is 14.7. The molecule has 4 heteroatoms. The highest BCUT2D eigenvalue weighted by atomic mass is 35.5. The highest BCUT2D eigenvalue weighted by Crippen LogP contribution is 2.29. The molecule has 0 unspecified atom stereocenters. The van der Waals surface area contributed by atoms with Crippen LogP contribution in [0.4, 0.5) is 0 Å². The fourth-order valence-corrected chi connectivity index (χ4v) is 2.38. The molecule has 0 atom stereocenters. The second-order valence-electron chi connectivity index (χ2n) is 4.69. The van der Waals surface area contributed by atoms with E-state index in [9.17, 15) is 0 Å². The molecule has 0 aliphatic heterocycles. The molecule has 3 aromatic rings. The summed E-state index contributed by atoms with van der Waals surface area (Å²) >= 11 is 6.11. The van der Waals surface area contributed by atoms with Gasteiger partial charge in [0.1, 0.15) is 5.75 Å². The Hall–Kier alpha value is -2.10. The molecule has 3 rings (SSSR count). The Morgan fingerprint density at radius 2 is 1.86 bits per heavy atom. The minimum Gasteiger partial charge on any atom is -0.438 e. The molecule has 0 spiro atoms. The minimum atomic E-state index is 0.543. The smallest absolute Gasteiger partial charge is 0.219 e. The van der Waals surface area contributed by atoms with Crippen LogP contribution >= 0.6 is 11.6 Å². The van der Waals surface area contributed by atoms with Crippen molar-refractivity contribution < 1.29 is 4.74 Å². The van der Waals surface area contributed by atoms with Crippen LogP contribution in [0.25, 0.3) is 10.8 Å². The summed E-state index contributed by atoms with van der Waals surface area (Å²) in [6, 6.07) is 17.7. The molecule has 0 amide bonds. The highest BCUT2D eigenvalue weighted by Gasteiger charge is 2.07. The molecule has 0 saturated heterocycles. The number of ether oxygens (including phenoxy) is 1. The zero-order valence-corrected chi connectivity index (χ0v) is 12.4. The first-order valence-corrected chi connectivity index (χ1v) is 7.11. The third kappa shape index (κ3) is 2.99. The number of fused-ring (bicyclic) bond motifs is 1. The quantitative estimate of drug-likeness (QED) is 0.775. The van der Waals surface area contributed by atoms with E-state index in [0.29, 0.717) is 17.4 Å². The van der Waals surface area contributed by atoms with Crippen LogP contribution in [-0.4, -0.2) is 12.0 Å². The van der Waals surface area contributed by atoms with E-state index in [4.69, 9.17) is 16.3 Å². The average Bonchev–Trinajstić information content (AvgIpc) is 2.51. The molecule has 3 nitrogen and oxygen atoms in total. The molecule has 0 bridgehead atoms. The number of halogens is 1. The van der Waals surface area contributed by atoms with Crippen LogP contribution < -0.4 is 10.1 Å². The van der Waals surface area contributed by atoms with Crippen molar-refractivity contribution in [2.45, 2.75) is 6.54 Å². The summed E-state index contributed by atoms with van der Waals surface area (Å²) in [4.78, 5) is 4.45. The average molecular weight is 299 g/mol. The largest absolute Gasteiger partial charge is 0.438 e. The standard InChI is InChI=1S/C17H15ClN2O/c1-19-11-15-14(18)9-10-17(20-15)21-16-8-4-6-12-5-2-3-7-13(12)16/h2-10,19H,11H2,1H3. The number of hydrogen-bond donors (Lipinski definition) is 1. The molecule has 0 saturated carbocycles. The van der Waals surface area contributed by atoms with Gasteiger partial charge in [-0.3, -0.25) is 0 Å². The molecule has 106 valence electrons. The molecule has 1 N–H and O–H groups in total. The number of aromatic nitrogens is 1. The second kappa shape index (κ2) is 6.12. The van der Waals surface area contributed by atoms with E-state index in [1.165, 1.54) is 0 Å². The van der Waals surface area contributed by atoms with Crippen molar-refractivity contribution in [3.05, 3.63) is 65.3 Å². The van der Waals surface area contributed by atoms with Gasteiger partial charge in [-0.25, -0.2) is 4.98 Å². The first kappa shape index (κ1) is 13.9. The summed E-state index contributed by atoms with van der Waals surface area (Å²) in [7, 11) is 1.86. The summed E-state index contributed by atoms with van der Waals surface area (Å²) in [5.41, 5.74) is 0.775. The number of rotatable bonds is 4. The van der Waals surface area contributed by atoms with Gasteiger partial charge in [0.15, 0.2) is 0 Å². The number of nitrogens with zero attached hydrogens (tertiary/aromatic N) is 1. The lowest BCUT2D eigenvalue weighted by Crippen LogP contribution is -2.07. The molecule has 21 heavy (non-hydrogen) atoms. The molecule has 0 aliphatic rings. The van der Waals surface area contributed by atoms with Gasteiger partial charge in [-0.1, -0.05) is 48.0 Å². The van der Waals surface area contributed by atoms with Gasteiger partial charge in [0, 0.05) is 18.0 Å². The Labute approximate surface area is 128 Å². The van der Waals surface area contributed by atoms with Gasteiger partial charge >= 0.3 is 0 Å². The summed E-state index contributed by atoms with van der Waals surface area (Å²) in [6.07, 6.45) is 0. The summed E-state index contributed by atoms with van der Waals surface area (Å²) in [5.74, 6) is 1.33. The third-order valence-electron chi connectivity index (χ3n) is 3.20. The van der Waals surface area contributed by atoms with Crippen molar-refractivity contribution in [3.63, 3.8) is 0 Å². The maximum atomic E-state index is 6.11. The number of nitrogens with one attached hydrogen (secondary N) is 1. The predicted molar refractivity (Wildman–Crippen MR) is 86.0 cm³/mol. The molecule has 0 radical (unpaired) electrons. The van der Waals surface area contributed by atoms with Crippen LogP contribution in [0.15, 0.2) is 54.6 Å². The molecule has 0 aliphatic carbocycles. The summed E-state index contributed by atoms with van der Waals surface area (Å²) in [6.45, 7) is 0.603. The third-order valence-corrected chi connectivity index (χ3v) is 3.55. The van der Waals surface area contributed by atoms with Crippen LogP contribution in [-0.2, 0) is 6.54 Å². The Balaban J connectivity index is 1.97. The van der Waals surface area contributed by atoms with Crippen LogP contribution in [0.3, 0.4) is 0 Å². The second-order valence-corrected chi connectivity index (χ2v) is 5.09. The SMILES string of the molecule is CNCc1nc(Oc2cccc3ccccc23)ccc1Cl. The van der Waals surface area contributed by atoms with E-state index in [-0.39, 0.29) is 0 Å². The Bertz CT molecular complexity index is 768. The number of benzene rings is 2. The van der Waals surface area contributed by atoms with Crippen LogP contribution in [0.1, 0.15) is 5.69 Å². The van der Waals surface area contributed by atoms with Gasteiger partial charge in [-0.15, -0.1) is 0 Å². The van der Waals surface area contributed by atoms with Crippen molar-refractivity contribution in [2.75, 3.05) is 7.05 Å². The summed E-state index contributed by atoms with van der Waals surface area (Å²) in [5, 5.41) is 5.88. The van der Waals surface area contributed by atoms with E-state index in [0.717, 1.165) is 22.2 Å². The lowest BCUT2D eigenvalue weighted by atomic mass is 10.1. The molecular formula is C17H15ClN2O. The normalized spacial score (nSPS) is 10.8. The lowest BCUT2D eigenvalue weighted by molar-refractivity contribution is 0.465. The molecule has 1 aromatic heterocycles. The van der Waals surface area contributed by atoms with Crippen molar-refractivity contribution >= 4 is 22.4 Å². The Morgan fingerprint density at radius 1 is 1.05 bits per heavy atom. The number of hydrogen-bond acceptors (Lipinski definition) is 3. The van der Waals surface area contributed by atoms with Crippen LogP contribution in [0.5, 0.6) is 11.6 Å². The van der Waals surface area contributed by atoms with Crippen molar-refractivity contribution in [1.29, 1.82) is 0 Å². The maximum absolute atomic E-state index is 6.11. The Morgan fingerprint density at radius 3 is 2.71 bits per heavy atom. The van der Waals surface area contributed by atoms with Gasteiger partial charge in [0.25, 0.3) is 0 Å². The van der Waals surface area contributed by atoms with Crippen molar-refractivity contribution in [2.24, 2.45) is 0 Å². The lowest BCUT2D eigenvalue weighted by Gasteiger charge is -2.10. The van der Waals surface area contributed by atoms with Gasteiger partial charge in [-0.2, -0.15) is 0 Å². The maximum Gasteiger partial charge on any atom is 0.219 e. The Kier molecular flexibility index (Phi) is 4.04. The van der Waals surface area contributed by atoms with Gasteiger partial charge in [0.2, 0.25) is 5.88 Å². The van der Waals surface area contributed by atoms with Gasteiger partial charge < -0.3 is 10.1 Å². The summed E-state index contributed by atoms with van der Waals surface area (Å²) < 4.78 is 5.94. The minimum absolute atomic E-state index is 0.543. The van der Waals surface area contributed by atoms with E-state index < -0.39 is 0 Å². The van der Waals surface area contributed by atoms with E-state index >= 15 is 0 Å². The van der Waals surface area contributed by atoms with Gasteiger partial charge in [0.05, 0.1) is 10.7 Å². The number of pyridine rings is 1. The fourth-order valence-electron chi connectivity index (χ4n) is 2.21. The van der Waals surface area contributed by atoms with Gasteiger partial charge in [-0.05, 0) is 24.6 Å². The first-order valence-electron chi connectivity index (χ1n) is 6.73. The van der Waals surface area contributed by atoms with Crippen LogP contribution in [0, 0.1) is 0 Å². The highest BCUT2D eigenvalue weighted by molar-refractivity contribution is 6.31. The molecule has 2 aromatic carbocycles. The first-order chi connectivity index (χ1) is 10.3. The predicted octanol–water partition coefficient (Wildman–Crippen LogP) is 4.40. The van der Waals surface area contributed by atoms with Crippen LogP contribution in [0.2, 0.25) is 5.02 Å². The molecule has 0 fully saturated rings. The zero-order valence-electron chi connectivity index (χ0n) is 11.6. The van der Waals surface area contributed by atoms with Crippen molar-refractivity contribution in [1.82, 2.24) is 10.3 Å².